The van der Waals surface area contributed by atoms with Crippen molar-refractivity contribution in [3.63, 3.8) is 0 Å². The fourth-order valence-corrected chi connectivity index (χ4v) is 1.19. The van der Waals surface area contributed by atoms with Crippen molar-refractivity contribution in [2.24, 2.45) is 17.2 Å². The monoisotopic (exact) mass is 231 g/mol. The van der Waals surface area contributed by atoms with E-state index in [2.05, 4.69) is 0 Å². The van der Waals surface area contributed by atoms with Gasteiger partial charge in [-0.2, -0.15) is 0 Å². The molecule has 5 nitrogen and oxygen atoms in total. The van der Waals surface area contributed by atoms with Crippen LogP contribution in [0.15, 0.2) is 12.5 Å². The van der Waals surface area contributed by atoms with Gasteiger partial charge in [-0.3, -0.25) is 0 Å². The maximum absolute atomic E-state index is 5.88. The minimum atomic E-state index is -0.552. The van der Waals surface area contributed by atoms with Crippen LogP contribution in [0.25, 0.3) is 0 Å². The van der Waals surface area contributed by atoms with Gasteiger partial charge in [0.2, 0.25) is 0 Å². The van der Waals surface area contributed by atoms with Crippen molar-refractivity contribution < 1.29 is 9.47 Å². The van der Waals surface area contributed by atoms with Crippen molar-refractivity contribution in [3.8, 4) is 0 Å². The van der Waals surface area contributed by atoms with E-state index >= 15 is 0 Å². The second-order valence-electron chi connectivity index (χ2n) is 4.35. The van der Waals surface area contributed by atoms with Crippen molar-refractivity contribution in [3.05, 3.63) is 12.5 Å². The van der Waals surface area contributed by atoms with Crippen molar-refractivity contribution in [1.29, 1.82) is 0 Å². The normalized spacial score (nSPS) is 21.4. The number of rotatable bonds is 7. The zero-order chi connectivity index (χ0) is 12.8. The van der Waals surface area contributed by atoms with Gasteiger partial charge in [0.05, 0.1) is 18.5 Å². The predicted molar refractivity (Wildman–Crippen MR) is 65.5 cm³/mol. The van der Waals surface area contributed by atoms with Crippen LogP contribution in [0.2, 0.25) is 0 Å². The summed E-state index contributed by atoms with van der Waals surface area (Å²) in [7, 11) is 0. The number of ether oxygens (including phenoxy) is 2. The largest absolute Gasteiger partial charge is 0.494 e. The van der Waals surface area contributed by atoms with Crippen molar-refractivity contribution >= 4 is 0 Å². The molecule has 0 radical (unpaired) electrons. The molecule has 0 rings (SSSR count). The molecule has 0 bridgehead atoms. The molecule has 0 saturated heterocycles. The molecule has 0 aliphatic heterocycles. The van der Waals surface area contributed by atoms with Crippen LogP contribution in [0.1, 0.15) is 27.7 Å². The summed E-state index contributed by atoms with van der Waals surface area (Å²) >= 11 is 0. The molecule has 0 aromatic carbocycles. The second-order valence-corrected chi connectivity index (χ2v) is 4.35. The summed E-state index contributed by atoms with van der Waals surface area (Å²) in [6.07, 6.45) is 2.69. The lowest BCUT2D eigenvalue weighted by Crippen LogP contribution is -2.57. The van der Waals surface area contributed by atoms with E-state index in [-0.39, 0.29) is 18.2 Å². The van der Waals surface area contributed by atoms with Crippen LogP contribution in [-0.4, -0.2) is 30.4 Å². The van der Waals surface area contributed by atoms with Crippen molar-refractivity contribution in [1.82, 2.24) is 0 Å². The standard InChI is InChI=1S/C11H25N3O2/c1-8(15-6-5-12)7-16-11(4,9(2)13)10(3)14/h5-6,8-10H,7,12-14H2,1-4H3/b6-5+. The van der Waals surface area contributed by atoms with Crippen LogP contribution in [0, 0.1) is 0 Å². The first-order valence-electron chi connectivity index (χ1n) is 5.52. The highest BCUT2D eigenvalue weighted by Crippen LogP contribution is 2.18. The van der Waals surface area contributed by atoms with Gasteiger partial charge in [-0.1, -0.05) is 0 Å². The molecule has 0 amide bonds. The van der Waals surface area contributed by atoms with Gasteiger partial charge in [-0.25, -0.2) is 0 Å². The Morgan fingerprint density at radius 3 is 2.06 bits per heavy atom. The van der Waals surface area contributed by atoms with E-state index in [1.165, 1.54) is 12.5 Å². The average Bonchev–Trinajstić information content (AvgIpc) is 2.22. The smallest absolute Gasteiger partial charge is 0.118 e. The maximum atomic E-state index is 5.88. The molecule has 3 atom stereocenters. The zero-order valence-electron chi connectivity index (χ0n) is 10.6. The first-order valence-corrected chi connectivity index (χ1v) is 5.52. The van der Waals surface area contributed by atoms with E-state index in [0.29, 0.717) is 6.61 Å². The van der Waals surface area contributed by atoms with Gasteiger partial charge in [0.1, 0.15) is 6.10 Å². The van der Waals surface area contributed by atoms with Gasteiger partial charge >= 0.3 is 0 Å². The van der Waals surface area contributed by atoms with Crippen LogP contribution in [0.5, 0.6) is 0 Å². The quantitative estimate of drug-likeness (QED) is 0.547. The molecule has 6 N–H and O–H groups in total. The summed E-state index contributed by atoms with van der Waals surface area (Å²) in [5.74, 6) is 0. The number of hydrogen-bond acceptors (Lipinski definition) is 5. The van der Waals surface area contributed by atoms with Gasteiger partial charge in [0.25, 0.3) is 0 Å². The molecule has 3 unspecified atom stereocenters. The predicted octanol–water partition coefficient (Wildman–Crippen LogP) is 0.291. The highest BCUT2D eigenvalue weighted by molar-refractivity contribution is 4.92. The maximum Gasteiger partial charge on any atom is 0.118 e. The van der Waals surface area contributed by atoms with E-state index in [0.717, 1.165) is 0 Å². The summed E-state index contributed by atoms with van der Waals surface area (Å²) in [5, 5.41) is 0. The third-order valence-electron chi connectivity index (χ3n) is 2.83. The van der Waals surface area contributed by atoms with Gasteiger partial charge in [-0.05, 0) is 27.7 Å². The first kappa shape index (κ1) is 15.2. The van der Waals surface area contributed by atoms with Gasteiger partial charge < -0.3 is 26.7 Å². The summed E-state index contributed by atoms with van der Waals surface area (Å²) < 4.78 is 11.0. The number of hydrogen-bond donors (Lipinski definition) is 3. The highest BCUT2D eigenvalue weighted by atomic mass is 16.5. The molecule has 0 heterocycles. The van der Waals surface area contributed by atoms with Crippen molar-refractivity contribution in [2.75, 3.05) is 6.61 Å². The Morgan fingerprint density at radius 2 is 1.69 bits per heavy atom. The molecular formula is C11H25N3O2. The van der Waals surface area contributed by atoms with Crippen LogP contribution in [-0.2, 0) is 9.47 Å². The van der Waals surface area contributed by atoms with Crippen molar-refractivity contribution in [2.45, 2.75) is 51.5 Å². The fourth-order valence-electron chi connectivity index (χ4n) is 1.19. The van der Waals surface area contributed by atoms with Gasteiger partial charge in [0, 0.05) is 18.3 Å². The average molecular weight is 231 g/mol. The topological polar surface area (TPSA) is 96.5 Å². The zero-order valence-corrected chi connectivity index (χ0v) is 10.6. The minimum Gasteiger partial charge on any atom is -0.494 e. The molecule has 0 saturated carbocycles. The third kappa shape index (κ3) is 4.38. The Bertz CT molecular complexity index is 209. The van der Waals surface area contributed by atoms with E-state index in [9.17, 15) is 0 Å². The van der Waals surface area contributed by atoms with Gasteiger partial charge in [0.15, 0.2) is 0 Å². The molecule has 0 aliphatic rings. The molecule has 0 aromatic heterocycles. The SMILES string of the molecule is CC(COC(C)(C(C)N)C(C)N)O/C=C/N. The molecule has 5 heteroatoms. The Labute approximate surface area is 97.9 Å². The second kappa shape index (κ2) is 6.73. The molecule has 0 aliphatic carbocycles. The molecular weight excluding hydrogens is 206 g/mol. The Kier molecular flexibility index (Phi) is 6.40. The number of nitrogens with two attached hydrogens (primary N) is 3. The summed E-state index contributed by atoms with van der Waals surface area (Å²) in [6.45, 7) is 7.99. The Balaban J connectivity index is 4.23. The van der Waals surface area contributed by atoms with Crippen LogP contribution >= 0.6 is 0 Å². The Morgan fingerprint density at radius 1 is 1.19 bits per heavy atom. The molecule has 0 spiro atoms. The summed E-state index contributed by atoms with van der Waals surface area (Å²) in [5.41, 5.74) is 16.4. The summed E-state index contributed by atoms with van der Waals surface area (Å²) in [6, 6.07) is -0.297. The highest BCUT2D eigenvalue weighted by Gasteiger charge is 2.34. The molecule has 0 fully saturated rings. The van der Waals surface area contributed by atoms with Gasteiger partial charge in [-0.15, -0.1) is 0 Å². The lowest BCUT2D eigenvalue weighted by Gasteiger charge is -2.37. The first-order chi connectivity index (χ1) is 7.34. The van der Waals surface area contributed by atoms with Crippen LogP contribution in [0.3, 0.4) is 0 Å². The van der Waals surface area contributed by atoms with E-state index in [1.54, 1.807) is 0 Å². The lowest BCUT2D eigenvalue weighted by molar-refractivity contribution is -0.0893. The molecule has 0 aromatic rings. The van der Waals surface area contributed by atoms with E-state index < -0.39 is 5.60 Å². The van der Waals surface area contributed by atoms with Crippen LogP contribution in [0.4, 0.5) is 0 Å². The van der Waals surface area contributed by atoms with Crippen LogP contribution < -0.4 is 17.2 Å². The summed E-state index contributed by atoms with van der Waals surface area (Å²) in [4.78, 5) is 0. The lowest BCUT2D eigenvalue weighted by atomic mass is 9.91. The molecule has 96 valence electrons. The fraction of sp³-hybridized carbons (Fsp3) is 0.818. The third-order valence-corrected chi connectivity index (χ3v) is 2.83. The van der Waals surface area contributed by atoms with E-state index in [1.807, 2.05) is 27.7 Å². The van der Waals surface area contributed by atoms with E-state index in [4.69, 9.17) is 26.7 Å². The minimum absolute atomic E-state index is 0.0865. The molecule has 16 heavy (non-hydrogen) atoms. The Hall–Kier alpha value is -0.780.